The van der Waals surface area contributed by atoms with Crippen LogP contribution in [-0.4, -0.2) is 44.2 Å². The average Bonchev–Trinajstić information content (AvgIpc) is 2.62. The van der Waals surface area contributed by atoms with Gasteiger partial charge in [0.25, 0.3) is 0 Å². The molecule has 0 aromatic heterocycles. The van der Waals surface area contributed by atoms with Crippen LogP contribution in [0.25, 0.3) is 6.08 Å². The van der Waals surface area contributed by atoms with Crippen molar-refractivity contribution >= 4 is 22.0 Å². The number of benzene rings is 2. The lowest BCUT2D eigenvalue weighted by molar-refractivity contribution is -0.130. The Balaban J connectivity index is 1.96. The van der Waals surface area contributed by atoms with E-state index in [9.17, 15) is 13.2 Å². The summed E-state index contributed by atoms with van der Waals surface area (Å²) in [6.45, 7) is 2.23. The van der Waals surface area contributed by atoms with E-state index in [1.54, 1.807) is 7.05 Å². The van der Waals surface area contributed by atoms with Crippen LogP contribution in [0.3, 0.4) is 0 Å². The molecule has 138 valence electrons. The fraction of sp³-hybridized carbons (Fsp3) is 0.250. The van der Waals surface area contributed by atoms with Crippen molar-refractivity contribution in [3.05, 3.63) is 76.7 Å². The summed E-state index contributed by atoms with van der Waals surface area (Å²) in [6, 6.07) is 17.0. The van der Waals surface area contributed by atoms with Crippen LogP contribution in [0, 0.1) is 6.92 Å². The zero-order valence-corrected chi connectivity index (χ0v) is 16.1. The number of hydrogen-bond donors (Lipinski definition) is 0. The maximum atomic E-state index is 12.3. The van der Waals surface area contributed by atoms with Crippen molar-refractivity contribution < 1.29 is 13.2 Å². The number of carbonyl (C=O) groups is 1. The predicted molar refractivity (Wildman–Crippen MR) is 105 cm³/mol. The van der Waals surface area contributed by atoms with Gasteiger partial charge in [-0.1, -0.05) is 60.2 Å². The largest absolute Gasteiger partial charge is 0.340 e. The number of rotatable bonds is 7. The molecular formula is C20H24N2O3S. The molecule has 0 unspecified atom stereocenters. The highest BCUT2D eigenvalue weighted by Gasteiger charge is 2.20. The van der Waals surface area contributed by atoms with Crippen molar-refractivity contribution in [2.75, 3.05) is 20.6 Å². The lowest BCUT2D eigenvalue weighted by Gasteiger charge is -2.21. The summed E-state index contributed by atoms with van der Waals surface area (Å²) in [5.74, 6) is -0.259. The first-order valence-corrected chi connectivity index (χ1v) is 9.77. The minimum absolute atomic E-state index is 0.205. The summed E-state index contributed by atoms with van der Waals surface area (Å²) < 4.78 is 25.7. The number of nitrogens with zero attached hydrogens (tertiary/aromatic N) is 2. The van der Waals surface area contributed by atoms with Crippen LogP contribution in [0.4, 0.5) is 0 Å². The third-order valence-electron chi connectivity index (χ3n) is 3.99. The van der Waals surface area contributed by atoms with Gasteiger partial charge in [-0.2, -0.15) is 4.31 Å². The van der Waals surface area contributed by atoms with E-state index in [1.165, 1.54) is 18.0 Å². The van der Waals surface area contributed by atoms with Crippen molar-refractivity contribution in [2.45, 2.75) is 13.5 Å². The van der Waals surface area contributed by atoms with Gasteiger partial charge < -0.3 is 4.90 Å². The van der Waals surface area contributed by atoms with Gasteiger partial charge in [0, 0.05) is 26.0 Å². The molecule has 0 radical (unpaired) electrons. The van der Waals surface area contributed by atoms with Crippen LogP contribution in [0.15, 0.2) is 60.0 Å². The Kier molecular flexibility index (Phi) is 6.71. The van der Waals surface area contributed by atoms with Crippen LogP contribution in [0.5, 0.6) is 0 Å². The highest BCUT2D eigenvalue weighted by atomic mass is 32.2. The number of sulfonamides is 1. The van der Waals surface area contributed by atoms with Gasteiger partial charge in [0.05, 0.1) is 6.54 Å². The number of aryl methyl sites for hydroxylation is 1. The highest BCUT2D eigenvalue weighted by Crippen LogP contribution is 2.09. The standard InChI is InChI=1S/C20H24N2O3S/c1-17-9-11-19(12-10-17)15-21(2)20(23)16-22(3)26(24,25)14-13-18-7-5-4-6-8-18/h4-14H,15-16H2,1-3H3/b14-13+. The van der Waals surface area contributed by atoms with Gasteiger partial charge in [-0.15, -0.1) is 0 Å². The fourth-order valence-corrected chi connectivity index (χ4v) is 3.12. The third-order valence-corrected chi connectivity index (χ3v) is 5.47. The zero-order chi connectivity index (χ0) is 19.2. The Bertz CT molecular complexity index is 860. The number of amides is 1. The van der Waals surface area contributed by atoms with Gasteiger partial charge in [-0.3, -0.25) is 4.79 Å². The van der Waals surface area contributed by atoms with E-state index in [0.29, 0.717) is 6.54 Å². The SMILES string of the molecule is Cc1ccc(CN(C)C(=O)CN(C)S(=O)(=O)/C=C/c2ccccc2)cc1. The molecule has 0 fully saturated rings. The molecule has 0 heterocycles. The Labute approximate surface area is 155 Å². The molecule has 0 bridgehead atoms. The normalized spacial score (nSPS) is 11.8. The molecule has 0 atom stereocenters. The Hall–Kier alpha value is -2.44. The molecule has 0 saturated carbocycles. The molecule has 0 spiro atoms. The Morgan fingerprint density at radius 1 is 1.00 bits per heavy atom. The summed E-state index contributed by atoms with van der Waals surface area (Å²) in [5, 5.41) is 1.12. The minimum Gasteiger partial charge on any atom is -0.340 e. The van der Waals surface area contributed by atoms with Crippen molar-refractivity contribution in [3.63, 3.8) is 0 Å². The highest BCUT2D eigenvalue weighted by molar-refractivity contribution is 7.92. The molecule has 2 aromatic rings. The molecule has 2 rings (SSSR count). The summed E-state index contributed by atoms with van der Waals surface area (Å²) in [6.07, 6.45) is 1.52. The Morgan fingerprint density at radius 2 is 1.62 bits per heavy atom. The van der Waals surface area contributed by atoms with E-state index in [4.69, 9.17) is 0 Å². The molecule has 0 aliphatic carbocycles. The summed E-state index contributed by atoms with van der Waals surface area (Å²) in [4.78, 5) is 13.9. The van der Waals surface area contributed by atoms with E-state index >= 15 is 0 Å². The van der Waals surface area contributed by atoms with E-state index < -0.39 is 10.0 Å². The van der Waals surface area contributed by atoms with E-state index in [0.717, 1.165) is 26.4 Å². The van der Waals surface area contributed by atoms with Gasteiger partial charge in [0.2, 0.25) is 15.9 Å². The van der Waals surface area contributed by atoms with Crippen molar-refractivity contribution in [3.8, 4) is 0 Å². The summed E-state index contributed by atoms with van der Waals surface area (Å²) in [7, 11) is -0.586. The lowest BCUT2D eigenvalue weighted by atomic mass is 10.1. The smallest absolute Gasteiger partial charge is 0.237 e. The second-order valence-corrected chi connectivity index (χ2v) is 8.18. The molecule has 0 saturated heterocycles. The van der Waals surface area contributed by atoms with E-state index in [2.05, 4.69) is 0 Å². The van der Waals surface area contributed by atoms with Gasteiger partial charge in [-0.05, 0) is 24.1 Å². The van der Waals surface area contributed by atoms with Crippen molar-refractivity contribution in [1.82, 2.24) is 9.21 Å². The lowest BCUT2D eigenvalue weighted by Crippen LogP contribution is -2.38. The van der Waals surface area contributed by atoms with Crippen LogP contribution in [0.2, 0.25) is 0 Å². The molecule has 2 aromatic carbocycles. The number of hydrogen-bond acceptors (Lipinski definition) is 3. The summed E-state index contributed by atoms with van der Waals surface area (Å²) in [5.41, 5.74) is 2.94. The zero-order valence-electron chi connectivity index (χ0n) is 15.3. The predicted octanol–water partition coefficient (Wildman–Crippen LogP) is 2.89. The van der Waals surface area contributed by atoms with Gasteiger partial charge in [-0.25, -0.2) is 8.42 Å². The van der Waals surface area contributed by atoms with Crippen molar-refractivity contribution in [2.24, 2.45) is 0 Å². The van der Waals surface area contributed by atoms with Crippen LogP contribution < -0.4 is 0 Å². The number of carbonyl (C=O) groups excluding carboxylic acids is 1. The van der Waals surface area contributed by atoms with Gasteiger partial charge in [0.1, 0.15) is 0 Å². The fourth-order valence-electron chi connectivity index (χ4n) is 2.29. The third kappa shape index (κ3) is 5.82. The van der Waals surface area contributed by atoms with Crippen LogP contribution in [-0.2, 0) is 21.4 Å². The van der Waals surface area contributed by atoms with E-state index in [-0.39, 0.29) is 12.5 Å². The molecule has 5 nitrogen and oxygen atoms in total. The second-order valence-electron chi connectivity index (χ2n) is 6.25. The average molecular weight is 372 g/mol. The van der Waals surface area contributed by atoms with Gasteiger partial charge >= 0.3 is 0 Å². The topological polar surface area (TPSA) is 57.7 Å². The number of likely N-dealkylation sites (N-methyl/N-ethyl adjacent to an activating group) is 2. The molecule has 26 heavy (non-hydrogen) atoms. The molecule has 0 aliphatic rings. The molecule has 1 amide bonds. The first kappa shape index (κ1) is 19.9. The second kappa shape index (κ2) is 8.78. The summed E-state index contributed by atoms with van der Waals surface area (Å²) >= 11 is 0. The molecule has 0 N–H and O–H groups in total. The monoisotopic (exact) mass is 372 g/mol. The molecular weight excluding hydrogens is 348 g/mol. The van der Waals surface area contributed by atoms with Crippen molar-refractivity contribution in [1.29, 1.82) is 0 Å². The van der Waals surface area contributed by atoms with E-state index in [1.807, 2.05) is 61.5 Å². The van der Waals surface area contributed by atoms with Gasteiger partial charge in [0.15, 0.2) is 0 Å². The maximum absolute atomic E-state index is 12.3. The molecule has 0 aliphatic heterocycles. The van der Waals surface area contributed by atoms with Crippen LogP contribution >= 0.6 is 0 Å². The minimum atomic E-state index is -3.66. The molecule has 6 heteroatoms. The Morgan fingerprint density at radius 3 is 2.23 bits per heavy atom. The van der Waals surface area contributed by atoms with Crippen LogP contribution in [0.1, 0.15) is 16.7 Å². The quantitative estimate of drug-likeness (QED) is 0.751. The maximum Gasteiger partial charge on any atom is 0.237 e. The first-order chi connectivity index (χ1) is 12.3. The first-order valence-electron chi connectivity index (χ1n) is 8.27.